The highest BCUT2D eigenvalue weighted by Crippen LogP contribution is 1.82. The van der Waals surface area contributed by atoms with Gasteiger partial charge in [-0.05, 0) is 13.8 Å². The first-order valence-electron chi connectivity index (χ1n) is 35.8. The number of aldehydes is 1. The smallest absolute Gasteiger partial charge is 0.116 e. The Morgan fingerprint density at radius 2 is 0.179 bits per heavy atom. The zero-order valence-corrected chi connectivity index (χ0v) is 69.5. The summed E-state index contributed by atoms with van der Waals surface area (Å²) in [7, 11) is 0. The molecule has 0 saturated carbocycles. The third-order valence-electron chi connectivity index (χ3n) is 3.33. The van der Waals surface area contributed by atoms with Crippen molar-refractivity contribution in [3.63, 3.8) is 0 Å². The van der Waals surface area contributed by atoms with Gasteiger partial charge in [0.05, 0.1) is 0 Å². The summed E-state index contributed by atoms with van der Waals surface area (Å²) < 4.78 is 0. The van der Waals surface area contributed by atoms with Crippen molar-refractivity contribution < 1.29 is 9.90 Å². The van der Waals surface area contributed by atoms with Crippen molar-refractivity contribution in [3.8, 4) is 0 Å². The largest absolute Gasteiger partial charge is 0.397 e. The molecule has 0 heterocycles. The standard InChI is InChI=1S/5C6H6.C2H6O.C2H4O.24C2H6/c5*1-2-4-6-5-3-1;2*1-2-3;24*1-2/h5*1-6H;3H,2H2,1H3;2H,1H3;24*1-2H3. The van der Waals surface area contributed by atoms with E-state index in [1.807, 2.05) is 514 Å². The molecule has 0 aliphatic heterocycles. The summed E-state index contributed by atoms with van der Waals surface area (Å²) in [5.74, 6) is 0. The summed E-state index contributed by atoms with van der Waals surface area (Å²) in [5.41, 5.74) is 0. The predicted octanol–water partition coefficient (Wildman–Crippen LogP) is 33.3. The second-order valence-corrected chi connectivity index (χ2v) is 6.33. The number of benzene rings is 5. The molecule has 0 spiro atoms. The van der Waals surface area contributed by atoms with E-state index in [-0.39, 0.29) is 6.61 Å². The van der Waals surface area contributed by atoms with Crippen molar-refractivity contribution >= 4 is 6.29 Å². The van der Waals surface area contributed by atoms with Gasteiger partial charge in [0.15, 0.2) is 0 Å². The molecule has 0 saturated heterocycles. The Kier molecular flexibility index (Phi) is 1260. The molecule has 5 aromatic carbocycles. The van der Waals surface area contributed by atoms with Crippen molar-refractivity contribution in [2.24, 2.45) is 0 Å². The zero-order chi connectivity index (χ0) is 74.6. The number of aliphatic hydroxyl groups excluding tert-OH is 1. The lowest BCUT2D eigenvalue weighted by molar-refractivity contribution is -0.106. The van der Waals surface area contributed by atoms with Crippen LogP contribution in [0, 0.1) is 0 Å². The Balaban J connectivity index is -0.0000000176. The highest BCUT2D eigenvalue weighted by Gasteiger charge is 1.60. The van der Waals surface area contributed by atoms with Crippen LogP contribution in [0.3, 0.4) is 0 Å². The molecule has 2 heteroatoms. The van der Waals surface area contributed by atoms with Crippen LogP contribution in [-0.2, 0) is 4.79 Å². The van der Waals surface area contributed by atoms with Gasteiger partial charge in [-0.15, -0.1) is 0 Å². The monoisotopic (exact) mass is 1200 g/mol. The fourth-order valence-electron chi connectivity index (χ4n) is 1.92. The highest BCUT2D eigenvalue weighted by molar-refractivity contribution is 5.44. The number of rotatable bonds is 0. The Bertz CT molecular complexity index is 617. The molecule has 524 valence electrons. The van der Waals surface area contributed by atoms with Crippen LogP contribution in [0.15, 0.2) is 182 Å². The minimum Gasteiger partial charge on any atom is -0.397 e. The molecule has 84 heavy (non-hydrogen) atoms. The van der Waals surface area contributed by atoms with Crippen molar-refractivity contribution in [1.82, 2.24) is 0 Å². The Hall–Kier alpha value is -4.27. The minimum atomic E-state index is 0.250. The van der Waals surface area contributed by atoms with Crippen LogP contribution in [0.4, 0.5) is 0 Å². The van der Waals surface area contributed by atoms with Crippen molar-refractivity contribution in [2.75, 3.05) is 6.61 Å². The molecule has 1 N–H and O–H groups in total. The first-order chi connectivity index (χ1) is 41.8. The molecule has 0 bridgehead atoms. The maximum absolute atomic E-state index is 8.81. The van der Waals surface area contributed by atoms with Gasteiger partial charge in [0, 0.05) is 6.61 Å². The highest BCUT2D eigenvalue weighted by atomic mass is 16.2. The molecule has 0 radical (unpaired) electrons. The van der Waals surface area contributed by atoms with Crippen molar-refractivity contribution in [1.29, 1.82) is 0 Å². The Morgan fingerprint density at radius 1 is 0.167 bits per heavy atom. The molecular formula is C82H184O2. The second kappa shape index (κ2) is 619. The van der Waals surface area contributed by atoms with E-state index in [9.17, 15) is 0 Å². The van der Waals surface area contributed by atoms with Gasteiger partial charge >= 0.3 is 0 Å². The van der Waals surface area contributed by atoms with Crippen molar-refractivity contribution in [2.45, 2.75) is 346 Å². The van der Waals surface area contributed by atoms with Gasteiger partial charge in [-0.1, -0.05) is 514 Å². The summed E-state index contributed by atoms with van der Waals surface area (Å²) in [6, 6.07) is 60.0. The molecule has 0 atom stereocenters. The third kappa shape index (κ3) is 691. The average Bonchev–Trinajstić information content (AvgIpc) is 3.69. The van der Waals surface area contributed by atoms with Gasteiger partial charge in [-0.2, -0.15) is 0 Å². The van der Waals surface area contributed by atoms with Crippen LogP contribution in [0.2, 0.25) is 0 Å². The van der Waals surface area contributed by atoms with Gasteiger partial charge in [-0.25, -0.2) is 0 Å². The van der Waals surface area contributed by atoms with Crippen LogP contribution >= 0.6 is 0 Å². The van der Waals surface area contributed by atoms with E-state index in [4.69, 9.17) is 9.90 Å². The first-order valence-corrected chi connectivity index (χ1v) is 35.8. The van der Waals surface area contributed by atoms with Crippen molar-refractivity contribution in [3.05, 3.63) is 182 Å². The summed E-state index contributed by atoms with van der Waals surface area (Å²) in [5, 5.41) is 7.57. The normalized spacial score (nSPS) is 4.94. The van der Waals surface area contributed by atoms with Crippen LogP contribution in [0.5, 0.6) is 0 Å². The van der Waals surface area contributed by atoms with E-state index >= 15 is 0 Å². The van der Waals surface area contributed by atoms with E-state index in [0.717, 1.165) is 6.29 Å². The van der Waals surface area contributed by atoms with Crippen LogP contribution in [0.1, 0.15) is 346 Å². The summed E-state index contributed by atoms with van der Waals surface area (Å²) in [4.78, 5) is 8.81. The van der Waals surface area contributed by atoms with Gasteiger partial charge in [0.25, 0.3) is 0 Å². The molecule has 2 nitrogen and oxygen atoms in total. The van der Waals surface area contributed by atoms with Gasteiger partial charge in [-0.3, -0.25) is 0 Å². The SMILES string of the molecule is CC.CC.CC.CC.CC.CC.CC.CC.CC.CC.CC.CC.CC.CC.CC.CC.CC.CC.CC.CC.CC.CC.CC.CC.CC=O.CCO.c1ccccc1.c1ccccc1.c1ccccc1.c1ccccc1.c1ccccc1. The fourth-order valence-corrected chi connectivity index (χ4v) is 1.92. The van der Waals surface area contributed by atoms with Gasteiger partial charge in [0.1, 0.15) is 6.29 Å². The van der Waals surface area contributed by atoms with Crippen LogP contribution < -0.4 is 0 Å². The molecule has 5 rings (SSSR count). The number of hydrogen-bond acceptors (Lipinski definition) is 2. The number of hydrogen-bond donors (Lipinski definition) is 1. The topological polar surface area (TPSA) is 37.3 Å². The molecule has 0 unspecified atom stereocenters. The number of carbonyl (C=O) groups excluding carboxylic acids is 1. The quantitative estimate of drug-likeness (QED) is 0.157. The van der Waals surface area contributed by atoms with Gasteiger partial charge in [0.2, 0.25) is 0 Å². The maximum atomic E-state index is 8.81. The van der Waals surface area contributed by atoms with Gasteiger partial charge < -0.3 is 9.90 Å². The maximum Gasteiger partial charge on any atom is 0.116 e. The molecule has 0 aliphatic carbocycles. The van der Waals surface area contributed by atoms with E-state index in [2.05, 4.69) is 0 Å². The predicted molar refractivity (Wildman–Crippen MR) is 429 cm³/mol. The van der Waals surface area contributed by atoms with E-state index in [1.54, 1.807) is 6.92 Å². The van der Waals surface area contributed by atoms with E-state index in [1.165, 1.54) is 6.92 Å². The zero-order valence-electron chi connectivity index (χ0n) is 69.5. The van der Waals surface area contributed by atoms with Crippen LogP contribution in [0.25, 0.3) is 0 Å². The number of aliphatic hydroxyl groups is 1. The molecule has 0 aromatic heterocycles. The summed E-state index contributed by atoms with van der Waals surface area (Å²) in [6.07, 6.45) is 0.750. The lowest BCUT2D eigenvalue weighted by Gasteiger charge is -1.69. The molecule has 0 amide bonds. The fraction of sp³-hybridized carbons (Fsp3) is 0.622. The molecule has 5 aromatic rings. The minimum absolute atomic E-state index is 0.250. The lowest BCUT2D eigenvalue weighted by atomic mass is 10.4. The Morgan fingerprint density at radius 3 is 0.190 bits per heavy atom. The summed E-state index contributed by atoms with van der Waals surface area (Å²) >= 11 is 0. The second-order valence-electron chi connectivity index (χ2n) is 6.33. The lowest BCUT2D eigenvalue weighted by Crippen LogP contribution is -1.57. The van der Waals surface area contributed by atoms with E-state index < -0.39 is 0 Å². The Labute approximate surface area is 548 Å². The molecular weight excluding hydrogens is 1020 g/mol. The first kappa shape index (κ1) is 171. The van der Waals surface area contributed by atoms with E-state index in [0.29, 0.717) is 0 Å². The number of carbonyl (C=O) groups is 1. The average molecular weight is 1200 g/mol. The summed E-state index contributed by atoms with van der Waals surface area (Å²) in [6.45, 7) is 99.4. The molecule has 0 fully saturated rings. The third-order valence-corrected chi connectivity index (χ3v) is 3.33. The van der Waals surface area contributed by atoms with Crippen LogP contribution in [-0.4, -0.2) is 18.0 Å². The molecule has 0 aliphatic rings.